The van der Waals surface area contributed by atoms with Gasteiger partial charge in [0, 0.05) is 10.9 Å². The van der Waals surface area contributed by atoms with Crippen LogP contribution in [0.1, 0.15) is 16.7 Å². The molecule has 2 aromatic carbocycles. The van der Waals surface area contributed by atoms with Crippen LogP contribution in [-0.4, -0.2) is 13.4 Å². The zero-order valence-electron chi connectivity index (χ0n) is 17.2. The van der Waals surface area contributed by atoms with Crippen LogP contribution in [0.5, 0.6) is 0 Å². The molecule has 2 heterocycles. The van der Waals surface area contributed by atoms with Crippen molar-refractivity contribution in [3.8, 4) is 0 Å². The van der Waals surface area contributed by atoms with Gasteiger partial charge in [-0.25, -0.2) is 17.8 Å². The summed E-state index contributed by atoms with van der Waals surface area (Å²) in [7, 11) is -4.30. The van der Waals surface area contributed by atoms with E-state index in [0.717, 1.165) is 26.7 Å². The number of aromatic nitrogens is 1. The lowest BCUT2D eigenvalue weighted by atomic mass is 10.1. The summed E-state index contributed by atoms with van der Waals surface area (Å²) in [5, 5.41) is 1.19. The van der Waals surface area contributed by atoms with Gasteiger partial charge in [0.25, 0.3) is 10.0 Å². The Bertz CT molecular complexity index is 1510. The Hall–Kier alpha value is -2.21. The molecule has 0 bridgehead atoms. The number of fused-ring (bicyclic) bond motifs is 1. The summed E-state index contributed by atoms with van der Waals surface area (Å²) in [5.41, 5.74) is -0.857. The fraction of sp³-hybridized carbons (Fsp3) is 0.136. The number of benzene rings is 2. The van der Waals surface area contributed by atoms with Crippen LogP contribution in [0, 0.1) is 12.7 Å². The molecular weight excluding hydrogens is 580 g/mol. The van der Waals surface area contributed by atoms with Gasteiger partial charge in [-0.1, -0.05) is 35.9 Å². The van der Waals surface area contributed by atoms with E-state index >= 15 is 0 Å². The lowest BCUT2D eigenvalue weighted by molar-refractivity contribution is -0.140. The Morgan fingerprint density at radius 3 is 2.50 bits per heavy atom. The fourth-order valence-corrected chi connectivity index (χ4v) is 6.90. The Morgan fingerprint density at radius 1 is 1.15 bits per heavy atom. The van der Waals surface area contributed by atoms with E-state index in [1.165, 1.54) is 17.4 Å². The maximum absolute atomic E-state index is 13.8. The Labute approximate surface area is 210 Å². The van der Waals surface area contributed by atoms with Crippen LogP contribution in [0.2, 0.25) is 5.15 Å². The highest BCUT2D eigenvalue weighted by atomic mass is 79.9. The number of halogens is 6. The largest absolute Gasteiger partial charge is 0.419 e. The minimum Gasteiger partial charge on any atom is -0.252 e. The predicted molar refractivity (Wildman–Crippen MR) is 128 cm³/mol. The summed E-state index contributed by atoms with van der Waals surface area (Å²) in [6, 6.07) is 11.0. The normalized spacial score (nSPS) is 12.3. The Morgan fingerprint density at radius 2 is 1.85 bits per heavy atom. The topological polar surface area (TPSA) is 50.3 Å². The van der Waals surface area contributed by atoms with Crippen LogP contribution in [0.25, 0.3) is 10.1 Å². The lowest BCUT2D eigenvalue weighted by Gasteiger charge is -2.24. The number of alkyl halides is 3. The average molecular weight is 594 g/mol. The van der Waals surface area contributed by atoms with Crippen molar-refractivity contribution in [2.45, 2.75) is 24.5 Å². The standard InChI is InChI=1S/C22H14BrClF4N2O2S2/c1-12-15-4-2-3-5-19(15)33-21(12)30(34(31,32)14-9-17(23)20(24)29-10-14)11-13-6-7-18(25)16(8-13)22(26,27)28/h2-10H,11H2,1H3. The molecule has 34 heavy (non-hydrogen) atoms. The van der Waals surface area contributed by atoms with Crippen molar-refractivity contribution in [2.75, 3.05) is 4.31 Å². The van der Waals surface area contributed by atoms with Crippen LogP contribution in [0.4, 0.5) is 22.6 Å². The number of thiophene rings is 1. The molecule has 0 aliphatic carbocycles. The van der Waals surface area contributed by atoms with E-state index in [-0.39, 0.29) is 20.1 Å². The summed E-state index contributed by atoms with van der Waals surface area (Å²) < 4.78 is 83.1. The second-order valence-corrected chi connectivity index (χ2v) is 11.4. The van der Waals surface area contributed by atoms with Crippen LogP contribution < -0.4 is 4.31 Å². The van der Waals surface area contributed by atoms with Gasteiger partial charge in [0.1, 0.15) is 20.9 Å². The third-order valence-corrected chi connectivity index (χ3v) is 9.32. The molecule has 0 saturated carbocycles. The molecule has 2 aromatic heterocycles. The van der Waals surface area contributed by atoms with Gasteiger partial charge < -0.3 is 0 Å². The summed E-state index contributed by atoms with van der Waals surface area (Å²) >= 11 is 10.2. The van der Waals surface area contributed by atoms with Crippen LogP contribution in [-0.2, 0) is 22.7 Å². The molecule has 0 amide bonds. The molecule has 4 aromatic rings. The summed E-state index contributed by atoms with van der Waals surface area (Å²) in [6.07, 6.45) is -3.85. The summed E-state index contributed by atoms with van der Waals surface area (Å²) in [4.78, 5) is 3.66. The molecule has 0 unspecified atom stereocenters. The van der Waals surface area contributed by atoms with E-state index in [1.54, 1.807) is 19.1 Å². The number of sulfonamides is 1. The molecule has 178 valence electrons. The van der Waals surface area contributed by atoms with Crippen molar-refractivity contribution in [1.29, 1.82) is 0 Å². The second-order valence-electron chi connectivity index (χ2n) is 7.30. The van der Waals surface area contributed by atoms with E-state index in [1.807, 2.05) is 12.1 Å². The van der Waals surface area contributed by atoms with Gasteiger partial charge in [0.15, 0.2) is 0 Å². The van der Waals surface area contributed by atoms with Crippen molar-refractivity contribution in [1.82, 2.24) is 4.98 Å². The maximum atomic E-state index is 13.8. The molecule has 0 aliphatic heterocycles. The van der Waals surface area contributed by atoms with E-state index in [0.29, 0.717) is 22.7 Å². The number of hydrogen-bond donors (Lipinski definition) is 0. The highest BCUT2D eigenvalue weighted by Gasteiger charge is 2.35. The molecule has 12 heteroatoms. The summed E-state index contributed by atoms with van der Waals surface area (Å²) in [5.74, 6) is -1.44. The zero-order chi connectivity index (χ0) is 24.8. The van der Waals surface area contributed by atoms with Gasteiger partial charge >= 0.3 is 6.18 Å². The molecule has 0 N–H and O–H groups in total. The highest BCUT2D eigenvalue weighted by Crippen LogP contribution is 2.41. The first-order valence-electron chi connectivity index (χ1n) is 9.57. The molecule has 0 fully saturated rings. The lowest BCUT2D eigenvalue weighted by Crippen LogP contribution is -2.30. The van der Waals surface area contributed by atoms with Crippen molar-refractivity contribution in [3.63, 3.8) is 0 Å². The zero-order valence-corrected chi connectivity index (χ0v) is 21.2. The first-order valence-corrected chi connectivity index (χ1v) is 13.0. The van der Waals surface area contributed by atoms with Gasteiger partial charge in [-0.05, 0) is 63.6 Å². The minimum atomic E-state index is -4.93. The molecule has 4 nitrogen and oxygen atoms in total. The SMILES string of the molecule is Cc1c(N(Cc2ccc(F)c(C(F)(F)F)c2)S(=O)(=O)c2cnc(Cl)c(Br)c2)sc2ccccc12. The predicted octanol–water partition coefficient (Wildman–Crippen LogP) is 7.57. The Kier molecular flexibility index (Phi) is 6.67. The smallest absolute Gasteiger partial charge is 0.252 e. The number of aryl methyl sites for hydroxylation is 1. The van der Waals surface area contributed by atoms with Crippen LogP contribution in [0.15, 0.2) is 64.1 Å². The van der Waals surface area contributed by atoms with Gasteiger partial charge in [-0.2, -0.15) is 13.2 Å². The maximum Gasteiger partial charge on any atom is 0.419 e. The van der Waals surface area contributed by atoms with Crippen molar-refractivity contribution in [3.05, 3.63) is 86.9 Å². The average Bonchev–Trinajstić information content (AvgIpc) is 3.10. The monoisotopic (exact) mass is 592 g/mol. The molecular formula is C22H14BrClF4N2O2S2. The summed E-state index contributed by atoms with van der Waals surface area (Å²) in [6.45, 7) is 1.28. The number of anilines is 1. The van der Waals surface area contributed by atoms with E-state index < -0.39 is 34.1 Å². The molecule has 0 atom stereocenters. The van der Waals surface area contributed by atoms with E-state index in [9.17, 15) is 26.0 Å². The van der Waals surface area contributed by atoms with Crippen LogP contribution in [0.3, 0.4) is 0 Å². The number of rotatable bonds is 5. The minimum absolute atomic E-state index is 0.0323. The molecule has 0 saturated heterocycles. The van der Waals surface area contributed by atoms with Gasteiger partial charge in [-0.3, -0.25) is 4.31 Å². The van der Waals surface area contributed by atoms with Crippen molar-refractivity contribution >= 4 is 64.0 Å². The van der Waals surface area contributed by atoms with Crippen LogP contribution >= 0.6 is 38.9 Å². The van der Waals surface area contributed by atoms with Crippen molar-refractivity contribution < 1.29 is 26.0 Å². The molecule has 0 aliphatic rings. The third-order valence-electron chi connectivity index (χ3n) is 5.07. The van der Waals surface area contributed by atoms with E-state index in [4.69, 9.17) is 11.6 Å². The molecule has 0 spiro atoms. The van der Waals surface area contributed by atoms with Gasteiger partial charge in [0.05, 0.1) is 16.6 Å². The van der Waals surface area contributed by atoms with Crippen molar-refractivity contribution in [2.24, 2.45) is 0 Å². The van der Waals surface area contributed by atoms with E-state index in [2.05, 4.69) is 20.9 Å². The number of pyridine rings is 1. The number of hydrogen-bond acceptors (Lipinski definition) is 4. The molecule has 0 radical (unpaired) electrons. The number of nitrogens with zero attached hydrogens (tertiary/aromatic N) is 2. The molecule has 4 rings (SSSR count). The van der Waals surface area contributed by atoms with Gasteiger partial charge in [-0.15, -0.1) is 11.3 Å². The Balaban J connectivity index is 1.90. The fourth-order valence-electron chi connectivity index (χ4n) is 3.39. The quantitative estimate of drug-likeness (QED) is 0.177. The third kappa shape index (κ3) is 4.66. The first kappa shape index (κ1) is 24.9. The first-order chi connectivity index (χ1) is 15.9. The second kappa shape index (κ2) is 9.10. The highest BCUT2D eigenvalue weighted by molar-refractivity contribution is 9.10. The van der Waals surface area contributed by atoms with Gasteiger partial charge in [0.2, 0.25) is 0 Å².